The Balaban J connectivity index is 2.15. The van der Waals surface area contributed by atoms with E-state index in [9.17, 15) is 8.42 Å². The predicted octanol–water partition coefficient (Wildman–Crippen LogP) is 2.18. The second-order valence-corrected chi connectivity index (χ2v) is 8.45. The number of rotatable bonds is 2. The van der Waals surface area contributed by atoms with Gasteiger partial charge in [-0.3, -0.25) is 0 Å². The third kappa shape index (κ3) is 3.68. The highest BCUT2D eigenvalue weighted by molar-refractivity contribution is 7.89. The van der Waals surface area contributed by atoms with E-state index in [4.69, 9.17) is 10.9 Å². The summed E-state index contributed by atoms with van der Waals surface area (Å²) < 4.78 is 22.7. The first-order chi connectivity index (χ1) is 9.59. The van der Waals surface area contributed by atoms with Gasteiger partial charge in [-0.1, -0.05) is 20.8 Å². The van der Waals surface area contributed by atoms with E-state index >= 15 is 0 Å². The molecule has 0 aliphatic carbocycles. The highest BCUT2D eigenvalue weighted by Crippen LogP contribution is 2.37. The third-order valence-corrected chi connectivity index (χ3v) is 5.30. The van der Waals surface area contributed by atoms with Crippen molar-refractivity contribution in [3.8, 4) is 0 Å². The number of nitrogen functional groups attached to an aromatic ring is 1. The van der Waals surface area contributed by atoms with Crippen molar-refractivity contribution in [3.63, 3.8) is 0 Å². The smallest absolute Gasteiger partial charge is 0.238 e. The monoisotopic (exact) mass is 311 g/mol. The van der Waals surface area contributed by atoms with Crippen LogP contribution in [0.1, 0.15) is 33.6 Å². The van der Waals surface area contributed by atoms with Gasteiger partial charge in [0.25, 0.3) is 0 Å². The van der Waals surface area contributed by atoms with Crippen LogP contribution >= 0.6 is 0 Å². The van der Waals surface area contributed by atoms with Crippen LogP contribution in [0.25, 0.3) is 0 Å². The maximum Gasteiger partial charge on any atom is 0.238 e. The molecule has 6 heteroatoms. The van der Waals surface area contributed by atoms with Gasteiger partial charge in [0.15, 0.2) is 0 Å². The van der Waals surface area contributed by atoms with Gasteiger partial charge in [-0.2, -0.15) is 0 Å². The minimum Gasteiger partial charge on any atom is -0.397 e. The van der Waals surface area contributed by atoms with Crippen LogP contribution < -0.4 is 15.8 Å². The molecule has 2 rings (SSSR count). The zero-order valence-corrected chi connectivity index (χ0v) is 13.8. The van der Waals surface area contributed by atoms with Crippen molar-refractivity contribution in [2.45, 2.75) is 38.5 Å². The van der Waals surface area contributed by atoms with E-state index in [0.29, 0.717) is 17.0 Å². The molecule has 0 saturated carbocycles. The lowest BCUT2D eigenvalue weighted by molar-refractivity contribution is 0.199. The van der Waals surface area contributed by atoms with Gasteiger partial charge in [0, 0.05) is 13.1 Å². The van der Waals surface area contributed by atoms with E-state index in [1.807, 2.05) is 0 Å². The van der Waals surface area contributed by atoms with Gasteiger partial charge in [0.2, 0.25) is 10.0 Å². The van der Waals surface area contributed by atoms with Crippen LogP contribution in [0.15, 0.2) is 23.1 Å². The van der Waals surface area contributed by atoms with E-state index in [1.165, 1.54) is 12.1 Å². The minimum absolute atomic E-state index is 0.0633. The van der Waals surface area contributed by atoms with Crippen molar-refractivity contribution in [3.05, 3.63) is 18.2 Å². The Kier molecular flexibility index (Phi) is 4.22. The molecule has 0 atom stereocenters. The molecular formula is C15H25N3O2S. The van der Waals surface area contributed by atoms with Crippen LogP contribution in [0.4, 0.5) is 11.4 Å². The zero-order chi connectivity index (χ0) is 15.8. The maximum absolute atomic E-state index is 11.3. The number of hydrogen-bond acceptors (Lipinski definition) is 4. The van der Waals surface area contributed by atoms with Crippen molar-refractivity contribution in [2.75, 3.05) is 23.7 Å². The molecule has 4 N–H and O–H groups in total. The van der Waals surface area contributed by atoms with Gasteiger partial charge in [0.1, 0.15) is 0 Å². The molecular weight excluding hydrogens is 286 g/mol. The van der Waals surface area contributed by atoms with Crippen molar-refractivity contribution in [2.24, 2.45) is 16.5 Å². The largest absolute Gasteiger partial charge is 0.397 e. The Morgan fingerprint density at radius 2 is 1.76 bits per heavy atom. The molecule has 118 valence electrons. The van der Waals surface area contributed by atoms with Crippen molar-refractivity contribution in [1.29, 1.82) is 0 Å². The summed E-state index contributed by atoms with van der Waals surface area (Å²) in [6.45, 7) is 8.73. The van der Waals surface area contributed by atoms with Gasteiger partial charge in [-0.15, -0.1) is 0 Å². The normalized spacial score (nSPS) is 18.0. The number of piperidine rings is 1. The van der Waals surface area contributed by atoms with E-state index in [1.54, 1.807) is 6.07 Å². The Morgan fingerprint density at radius 1 is 1.19 bits per heavy atom. The van der Waals surface area contributed by atoms with Crippen LogP contribution in [0.2, 0.25) is 0 Å². The standard InChI is InChI=1S/C15H25N3O2S/c1-15(2,3)11-6-8-18(9-7-11)14-5-4-12(10-13(14)16)21(17,19)20/h4-5,10-11H,6-9,16H2,1-3H3,(H2,17,19,20). The van der Waals surface area contributed by atoms with E-state index in [-0.39, 0.29) is 4.90 Å². The highest BCUT2D eigenvalue weighted by atomic mass is 32.2. The van der Waals surface area contributed by atoms with Crippen molar-refractivity contribution < 1.29 is 8.42 Å². The predicted molar refractivity (Wildman–Crippen MR) is 86.6 cm³/mol. The van der Waals surface area contributed by atoms with Crippen molar-refractivity contribution in [1.82, 2.24) is 0 Å². The molecule has 1 aliphatic heterocycles. The minimum atomic E-state index is -3.70. The molecule has 1 saturated heterocycles. The molecule has 0 amide bonds. The first-order valence-corrected chi connectivity index (χ1v) is 8.81. The average Bonchev–Trinajstić information content (AvgIpc) is 2.36. The molecule has 1 heterocycles. The molecule has 1 aromatic rings. The van der Waals surface area contributed by atoms with Gasteiger partial charge in [0.05, 0.1) is 16.3 Å². The topological polar surface area (TPSA) is 89.4 Å². The molecule has 21 heavy (non-hydrogen) atoms. The van der Waals surface area contributed by atoms with Crippen LogP contribution in [0.5, 0.6) is 0 Å². The molecule has 1 aromatic carbocycles. The summed E-state index contributed by atoms with van der Waals surface area (Å²) in [7, 11) is -3.70. The number of primary sulfonamides is 1. The molecule has 0 unspecified atom stereocenters. The van der Waals surface area contributed by atoms with Crippen LogP contribution in [0, 0.1) is 11.3 Å². The van der Waals surface area contributed by atoms with E-state index < -0.39 is 10.0 Å². The fourth-order valence-corrected chi connectivity index (χ4v) is 3.53. The van der Waals surface area contributed by atoms with Gasteiger partial charge < -0.3 is 10.6 Å². The van der Waals surface area contributed by atoms with E-state index in [0.717, 1.165) is 31.6 Å². The molecule has 0 radical (unpaired) electrons. The van der Waals surface area contributed by atoms with Crippen LogP contribution in [-0.2, 0) is 10.0 Å². The maximum atomic E-state index is 11.3. The number of nitrogens with two attached hydrogens (primary N) is 2. The zero-order valence-electron chi connectivity index (χ0n) is 13.0. The third-order valence-electron chi connectivity index (χ3n) is 4.39. The highest BCUT2D eigenvalue weighted by Gasteiger charge is 2.29. The Hall–Kier alpha value is -1.27. The van der Waals surface area contributed by atoms with Gasteiger partial charge in [-0.05, 0) is 42.4 Å². The molecule has 1 fully saturated rings. The number of nitrogens with zero attached hydrogens (tertiary/aromatic N) is 1. The summed E-state index contributed by atoms with van der Waals surface area (Å²) in [6, 6.07) is 4.73. The molecule has 1 aliphatic rings. The first kappa shape index (κ1) is 16.1. The molecule has 0 spiro atoms. The number of anilines is 2. The summed E-state index contributed by atoms with van der Waals surface area (Å²) in [6.07, 6.45) is 2.25. The number of sulfonamides is 1. The number of hydrogen-bond donors (Lipinski definition) is 2. The summed E-state index contributed by atoms with van der Waals surface area (Å²) in [5.74, 6) is 0.707. The fourth-order valence-electron chi connectivity index (χ4n) is 2.98. The molecule has 0 aromatic heterocycles. The van der Waals surface area contributed by atoms with E-state index in [2.05, 4.69) is 25.7 Å². The second-order valence-electron chi connectivity index (χ2n) is 6.89. The summed E-state index contributed by atoms with van der Waals surface area (Å²) in [5.41, 5.74) is 7.70. The van der Waals surface area contributed by atoms with Crippen LogP contribution in [-0.4, -0.2) is 21.5 Å². The quantitative estimate of drug-likeness (QED) is 0.819. The van der Waals surface area contributed by atoms with Crippen molar-refractivity contribution >= 4 is 21.4 Å². The Labute approximate surface area is 127 Å². The lowest BCUT2D eigenvalue weighted by atomic mass is 9.75. The fraction of sp³-hybridized carbons (Fsp3) is 0.600. The Morgan fingerprint density at radius 3 is 2.19 bits per heavy atom. The van der Waals surface area contributed by atoms with Gasteiger partial charge in [-0.25, -0.2) is 13.6 Å². The SMILES string of the molecule is CC(C)(C)C1CCN(c2ccc(S(N)(=O)=O)cc2N)CC1. The first-order valence-electron chi connectivity index (χ1n) is 7.26. The lowest BCUT2D eigenvalue weighted by Gasteiger charge is -2.40. The Bertz CT molecular complexity index is 612. The summed E-state index contributed by atoms with van der Waals surface area (Å²) in [4.78, 5) is 2.29. The summed E-state index contributed by atoms with van der Waals surface area (Å²) in [5, 5.41) is 5.12. The summed E-state index contributed by atoms with van der Waals surface area (Å²) >= 11 is 0. The molecule has 5 nitrogen and oxygen atoms in total. The lowest BCUT2D eigenvalue weighted by Crippen LogP contribution is -2.38. The number of benzene rings is 1. The second kappa shape index (κ2) is 5.50. The van der Waals surface area contributed by atoms with Gasteiger partial charge >= 0.3 is 0 Å². The average molecular weight is 311 g/mol. The molecule has 0 bridgehead atoms. The van der Waals surface area contributed by atoms with Crippen LogP contribution in [0.3, 0.4) is 0 Å².